The standard InChI is InChI=1S/C12H22N6O/c1-4-9-11(17-13)15-8-16-12(9)18(6-3)7-10(19)14-5-2/h8H,4-7,13H2,1-3H3,(H,14,19)(H,15,16,17). The number of carbonyl (C=O) groups is 1. The summed E-state index contributed by atoms with van der Waals surface area (Å²) in [5.41, 5.74) is 3.48. The largest absolute Gasteiger partial charge is 0.355 e. The molecule has 0 aromatic carbocycles. The lowest BCUT2D eigenvalue weighted by atomic mass is 10.2. The Balaban J connectivity index is 3.00. The number of nitrogen functional groups attached to an aromatic ring is 1. The summed E-state index contributed by atoms with van der Waals surface area (Å²) in [7, 11) is 0. The number of likely N-dealkylation sites (N-methyl/N-ethyl adjacent to an activating group) is 2. The SMILES string of the molecule is CCNC(=O)CN(CC)c1ncnc(NN)c1CC. The topological polar surface area (TPSA) is 96.2 Å². The van der Waals surface area contributed by atoms with Crippen molar-refractivity contribution in [1.29, 1.82) is 0 Å². The van der Waals surface area contributed by atoms with Crippen molar-refractivity contribution in [2.75, 3.05) is 30.0 Å². The Morgan fingerprint density at radius 2 is 2.11 bits per heavy atom. The van der Waals surface area contributed by atoms with E-state index in [0.717, 1.165) is 17.8 Å². The van der Waals surface area contributed by atoms with Crippen LogP contribution in [0.4, 0.5) is 11.6 Å². The van der Waals surface area contributed by atoms with Crippen LogP contribution in [0.15, 0.2) is 6.33 Å². The Labute approximate surface area is 113 Å². The fourth-order valence-corrected chi connectivity index (χ4v) is 1.89. The van der Waals surface area contributed by atoms with E-state index in [1.807, 2.05) is 25.7 Å². The summed E-state index contributed by atoms with van der Waals surface area (Å²) < 4.78 is 0. The highest BCUT2D eigenvalue weighted by Crippen LogP contribution is 2.23. The fraction of sp³-hybridized carbons (Fsp3) is 0.583. The van der Waals surface area contributed by atoms with Gasteiger partial charge in [-0.1, -0.05) is 6.92 Å². The van der Waals surface area contributed by atoms with E-state index in [2.05, 4.69) is 20.7 Å². The molecule has 1 rings (SSSR count). The Morgan fingerprint density at radius 1 is 1.37 bits per heavy atom. The first kappa shape index (κ1) is 15.2. The summed E-state index contributed by atoms with van der Waals surface area (Å²) in [4.78, 5) is 22.0. The molecule has 4 N–H and O–H groups in total. The molecule has 0 saturated heterocycles. The van der Waals surface area contributed by atoms with Crippen molar-refractivity contribution in [3.8, 4) is 0 Å². The molecule has 1 aromatic heterocycles. The van der Waals surface area contributed by atoms with Gasteiger partial charge >= 0.3 is 0 Å². The first-order chi connectivity index (χ1) is 9.17. The second kappa shape index (κ2) is 7.52. The predicted molar refractivity (Wildman–Crippen MR) is 75.8 cm³/mol. The Kier molecular flexibility index (Phi) is 6.01. The second-order valence-corrected chi connectivity index (χ2v) is 3.99. The second-order valence-electron chi connectivity index (χ2n) is 3.99. The molecular weight excluding hydrogens is 244 g/mol. The molecule has 0 spiro atoms. The van der Waals surface area contributed by atoms with E-state index in [4.69, 9.17) is 5.84 Å². The van der Waals surface area contributed by atoms with Crippen molar-refractivity contribution < 1.29 is 4.79 Å². The maximum atomic E-state index is 11.7. The van der Waals surface area contributed by atoms with Crippen molar-refractivity contribution in [1.82, 2.24) is 15.3 Å². The summed E-state index contributed by atoms with van der Waals surface area (Å²) in [6, 6.07) is 0. The van der Waals surface area contributed by atoms with E-state index < -0.39 is 0 Å². The molecule has 106 valence electrons. The zero-order valence-corrected chi connectivity index (χ0v) is 11.7. The molecule has 0 atom stereocenters. The van der Waals surface area contributed by atoms with E-state index in [1.165, 1.54) is 6.33 Å². The van der Waals surface area contributed by atoms with Crippen molar-refractivity contribution in [2.45, 2.75) is 27.2 Å². The lowest BCUT2D eigenvalue weighted by Gasteiger charge is -2.24. The molecule has 0 aliphatic rings. The molecule has 1 amide bonds. The highest BCUT2D eigenvalue weighted by atomic mass is 16.2. The van der Waals surface area contributed by atoms with E-state index in [9.17, 15) is 4.79 Å². The van der Waals surface area contributed by atoms with Gasteiger partial charge in [-0.05, 0) is 20.3 Å². The van der Waals surface area contributed by atoms with Gasteiger partial charge in [0.25, 0.3) is 0 Å². The van der Waals surface area contributed by atoms with Crippen LogP contribution in [-0.2, 0) is 11.2 Å². The Bertz CT molecular complexity index is 423. The van der Waals surface area contributed by atoms with Crippen molar-refractivity contribution in [3.63, 3.8) is 0 Å². The number of nitrogens with one attached hydrogen (secondary N) is 2. The van der Waals surface area contributed by atoms with Crippen LogP contribution in [0.5, 0.6) is 0 Å². The van der Waals surface area contributed by atoms with Gasteiger partial charge in [-0.3, -0.25) is 4.79 Å². The highest BCUT2D eigenvalue weighted by Gasteiger charge is 2.16. The molecule has 1 heterocycles. The summed E-state index contributed by atoms with van der Waals surface area (Å²) in [5.74, 6) is 6.77. The number of nitrogens with two attached hydrogens (primary N) is 1. The molecule has 0 aliphatic heterocycles. The highest BCUT2D eigenvalue weighted by molar-refractivity contribution is 5.81. The third-order valence-electron chi connectivity index (χ3n) is 2.80. The minimum Gasteiger partial charge on any atom is -0.355 e. The van der Waals surface area contributed by atoms with Gasteiger partial charge in [0.1, 0.15) is 18.0 Å². The molecule has 1 aromatic rings. The lowest BCUT2D eigenvalue weighted by molar-refractivity contribution is -0.119. The van der Waals surface area contributed by atoms with Gasteiger partial charge < -0.3 is 15.6 Å². The summed E-state index contributed by atoms with van der Waals surface area (Å²) in [5, 5.41) is 2.78. The zero-order valence-electron chi connectivity index (χ0n) is 11.7. The number of carbonyl (C=O) groups excluding carboxylic acids is 1. The average Bonchev–Trinajstić information content (AvgIpc) is 2.44. The van der Waals surface area contributed by atoms with Crippen LogP contribution in [0.2, 0.25) is 0 Å². The molecule has 0 fully saturated rings. The van der Waals surface area contributed by atoms with E-state index in [-0.39, 0.29) is 12.5 Å². The van der Waals surface area contributed by atoms with Crippen LogP contribution in [0, 0.1) is 0 Å². The lowest BCUT2D eigenvalue weighted by Crippen LogP contribution is -2.38. The summed E-state index contributed by atoms with van der Waals surface area (Å²) in [6.45, 7) is 7.46. The first-order valence-corrected chi connectivity index (χ1v) is 6.49. The van der Waals surface area contributed by atoms with E-state index in [1.54, 1.807) is 0 Å². The van der Waals surface area contributed by atoms with E-state index >= 15 is 0 Å². The minimum atomic E-state index is -0.0210. The molecular formula is C12H22N6O. The van der Waals surface area contributed by atoms with Crippen LogP contribution < -0.4 is 21.5 Å². The summed E-state index contributed by atoms with van der Waals surface area (Å²) in [6.07, 6.45) is 2.19. The normalized spacial score (nSPS) is 10.1. The third-order valence-corrected chi connectivity index (χ3v) is 2.80. The maximum Gasteiger partial charge on any atom is 0.239 e. The zero-order chi connectivity index (χ0) is 14.3. The number of aromatic nitrogens is 2. The van der Waals surface area contributed by atoms with Gasteiger partial charge in [-0.25, -0.2) is 15.8 Å². The molecule has 7 nitrogen and oxygen atoms in total. The molecule has 0 bridgehead atoms. The van der Waals surface area contributed by atoms with Gasteiger partial charge in [-0.2, -0.15) is 0 Å². The number of anilines is 2. The predicted octanol–water partition coefficient (Wildman–Crippen LogP) is 0.287. The van der Waals surface area contributed by atoms with Gasteiger partial charge in [0.2, 0.25) is 5.91 Å². The third kappa shape index (κ3) is 3.78. The van der Waals surface area contributed by atoms with Crippen LogP contribution in [0.1, 0.15) is 26.3 Å². The fourth-order valence-electron chi connectivity index (χ4n) is 1.89. The smallest absolute Gasteiger partial charge is 0.239 e. The maximum absolute atomic E-state index is 11.7. The van der Waals surface area contributed by atoms with Crippen LogP contribution in [0.3, 0.4) is 0 Å². The van der Waals surface area contributed by atoms with Gasteiger partial charge in [-0.15, -0.1) is 0 Å². The number of hydrogen-bond acceptors (Lipinski definition) is 6. The molecule has 0 unspecified atom stereocenters. The summed E-state index contributed by atoms with van der Waals surface area (Å²) >= 11 is 0. The van der Waals surface area contributed by atoms with Crippen LogP contribution in [-0.4, -0.2) is 35.5 Å². The number of hydrazine groups is 1. The van der Waals surface area contributed by atoms with Gasteiger partial charge in [0.05, 0.1) is 6.54 Å². The number of nitrogens with zero attached hydrogens (tertiary/aromatic N) is 3. The van der Waals surface area contributed by atoms with Crippen LogP contribution >= 0.6 is 0 Å². The van der Waals surface area contributed by atoms with Crippen molar-refractivity contribution in [2.24, 2.45) is 5.84 Å². The minimum absolute atomic E-state index is 0.0210. The Morgan fingerprint density at radius 3 is 2.63 bits per heavy atom. The van der Waals surface area contributed by atoms with Gasteiger partial charge in [0.15, 0.2) is 0 Å². The Hall–Kier alpha value is -1.89. The quantitative estimate of drug-likeness (QED) is 0.485. The van der Waals surface area contributed by atoms with E-state index in [0.29, 0.717) is 18.9 Å². The monoisotopic (exact) mass is 266 g/mol. The molecule has 0 saturated carbocycles. The number of amides is 1. The first-order valence-electron chi connectivity index (χ1n) is 6.49. The van der Waals surface area contributed by atoms with Crippen LogP contribution in [0.25, 0.3) is 0 Å². The van der Waals surface area contributed by atoms with Crippen molar-refractivity contribution in [3.05, 3.63) is 11.9 Å². The molecule has 19 heavy (non-hydrogen) atoms. The molecule has 0 aliphatic carbocycles. The van der Waals surface area contributed by atoms with Gasteiger partial charge in [0, 0.05) is 18.7 Å². The number of hydrogen-bond donors (Lipinski definition) is 3. The average molecular weight is 266 g/mol. The molecule has 0 radical (unpaired) electrons. The number of rotatable bonds is 7. The molecule has 7 heteroatoms. The van der Waals surface area contributed by atoms with Crippen molar-refractivity contribution >= 4 is 17.5 Å².